The lowest BCUT2D eigenvalue weighted by atomic mass is 9.80. The first-order valence-corrected chi connectivity index (χ1v) is 7.92. The van der Waals surface area contributed by atoms with Crippen molar-refractivity contribution >= 4 is 11.8 Å². The van der Waals surface area contributed by atoms with Crippen LogP contribution in [0.15, 0.2) is 0 Å². The maximum atomic E-state index is 6.47. The second-order valence-corrected chi connectivity index (χ2v) is 6.82. The van der Waals surface area contributed by atoms with Gasteiger partial charge in [0, 0.05) is 17.3 Å². The fourth-order valence-corrected chi connectivity index (χ4v) is 4.26. The molecule has 2 fully saturated rings. The van der Waals surface area contributed by atoms with Gasteiger partial charge in [-0.2, -0.15) is 11.8 Å². The molecule has 0 bridgehead atoms. The number of nitrogens with two attached hydrogens (primary N) is 1. The Hall–Kier alpha value is 0.270. The van der Waals surface area contributed by atoms with Crippen LogP contribution < -0.4 is 5.73 Å². The van der Waals surface area contributed by atoms with Crippen LogP contribution in [0.25, 0.3) is 0 Å². The van der Waals surface area contributed by atoms with E-state index in [1.54, 1.807) is 0 Å². The van der Waals surface area contributed by atoms with Crippen LogP contribution in [-0.2, 0) is 0 Å². The van der Waals surface area contributed by atoms with Gasteiger partial charge in [0.25, 0.3) is 0 Å². The Morgan fingerprint density at radius 2 is 2.06 bits per heavy atom. The molecule has 16 heavy (non-hydrogen) atoms. The van der Waals surface area contributed by atoms with Crippen molar-refractivity contribution in [3.05, 3.63) is 0 Å². The van der Waals surface area contributed by atoms with Gasteiger partial charge in [-0.25, -0.2) is 0 Å². The second kappa shape index (κ2) is 5.74. The van der Waals surface area contributed by atoms with Gasteiger partial charge < -0.3 is 10.6 Å². The second-order valence-electron chi connectivity index (χ2n) is 5.67. The van der Waals surface area contributed by atoms with E-state index in [0.717, 1.165) is 6.04 Å². The highest BCUT2D eigenvalue weighted by Crippen LogP contribution is 2.29. The van der Waals surface area contributed by atoms with Crippen molar-refractivity contribution < 1.29 is 0 Å². The van der Waals surface area contributed by atoms with E-state index >= 15 is 0 Å². The lowest BCUT2D eigenvalue weighted by molar-refractivity contribution is 0.202. The molecule has 0 aromatic carbocycles. The van der Waals surface area contributed by atoms with Gasteiger partial charge in [-0.1, -0.05) is 19.3 Å². The zero-order chi connectivity index (χ0) is 11.4. The quantitative estimate of drug-likeness (QED) is 0.821. The molecular formula is C13H26N2S. The van der Waals surface area contributed by atoms with Gasteiger partial charge >= 0.3 is 0 Å². The van der Waals surface area contributed by atoms with E-state index < -0.39 is 0 Å². The molecule has 0 amide bonds. The zero-order valence-corrected chi connectivity index (χ0v) is 11.4. The average Bonchev–Trinajstić information content (AvgIpc) is 2.80. The van der Waals surface area contributed by atoms with Gasteiger partial charge in [-0.15, -0.1) is 0 Å². The van der Waals surface area contributed by atoms with Crippen molar-refractivity contribution in [1.29, 1.82) is 0 Å². The van der Waals surface area contributed by atoms with Crippen LogP contribution in [0, 0.1) is 0 Å². The molecule has 0 radical (unpaired) electrons. The number of thioether (sulfide) groups is 1. The Morgan fingerprint density at radius 1 is 1.31 bits per heavy atom. The van der Waals surface area contributed by atoms with E-state index in [9.17, 15) is 0 Å². The predicted octanol–water partition coefficient (Wildman–Crippen LogP) is 2.48. The molecule has 1 aliphatic carbocycles. The lowest BCUT2D eigenvalue weighted by Crippen LogP contribution is -2.45. The Balaban J connectivity index is 1.72. The Bertz CT molecular complexity index is 208. The van der Waals surface area contributed by atoms with Crippen LogP contribution in [-0.4, -0.2) is 41.6 Å². The van der Waals surface area contributed by atoms with Gasteiger partial charge in [0.2, 0.25) is 0 Å². The number of rotatable bonds is 4. The highest BCUT2D eigenvalue weighted by molar-refractivity contribution is 7.99. The van der Waals surface area contributed by atoms with Crippen LogP contribution in [0.5, 0.6) is 0 Å². The Morgan fingerprint density at radius 3 is 2.69 bits per heavy atom. The average molecular weight is 242 g/mol. The SMILES string of the molecule is CN(CCC1(N)CCCCC1)C1CCSC1. The topological polar surface area (TPSA) is 29.3 Å². The van der Waals surface area contributed by atoms with E-state index in [2.05, 4.69) is 23.7 Å². The molecule has 2 aliphatic rings. The molecule has 94 valence electrons. The van der Waals surface area contributed by atoms with Crippen LogP contribution >= 0.6 is 11.8 Å². The van der Waals surface area contributed by atoms with Crippen molar-refractivity contribution in [3.8, 4) is 0 Å². The molecular weight excluding hydrogens is 216 g/mol. The van der Waals surface area contributed by atoms with E-state index in [1.807, 2.05) is 0 Å². The molecule has 1 atom stereocenters. The fraction of sp³-hybridized carbons (Fsp3) is 1.00. The summed E-state index contributed by atoms with van der Waals surface area (Å²) in [5.41, 5.74) is 6.64. The first-order valence-electron chi connectivity index (χ1n) is 6.76. The van der Waals surface area contributed by atoms with Gasteiger partial charge in [-0.3, -0.25) is 0 Å². The maximum Gasteiger partial charge on any atom is 0.0191 e. The standard InChI is InChI=1S/C13H26N2S/c1-15(12-5-10-16-11-12)9-8-13(14)6-3-2-4-7-13/h12H,2-11,14H2,1H3. The van der Waals surface area contributed by atoms with Gasteiger partial charge in [0.1, 0.15) is 0 Å². The van der Waals surface area contributed by atoms with E-state index in [1.165, 1.54) is 63.0 Å². The minimum atomic E-state index is 0.165. The monoisotopic (exact) mass is 242 g/mol. The van der Waals surface area contributed by atoms with Crippen molar-refractivity contribution in [1.82, 2.24) is 4.90 Å². The largest absolute Gasteiger partial charge is 0.325 e. The third-order valence-corrected chi connectivity index (χ3v) is 5.49. The molecule has 1 aliphatic heterocycles. The molecule has 1 saturated heterocycles. The summed E-state index contributed by atoms with van der Waals surface area (Å²) in [6, 6.07) is 0.817. The molecule has 1 saturated carbocycles. The van der Waals surface area contributed by atoms with Crippen LogP contribution in [0.3, 0.4) is 0 Å². The van der Waals surface area contributed by atoms with Gasteiger partial charge in [0.05, 0.1) is 0 Å². The van der Waals surface area contributed by atoms with Crippen molar-refractivity contribution in [2.24, 2.45) is 5.73 Å². The Kier molecular flexibility index (Phi) is 4.57. The fourth-order valence-electron chi connectivity index (χ4n) is 2.96. The zero-order valence-electron chi connectivity index (χ0n) is 10.6. The normalized spacial score (nSPS) is 29.8. The highest BCUT2D eigenvalue weighted by atomic mass is 32.2. The first-order chi connectivity index (χ1) is 7.70. The molecule has 1 unspecified atom stereocenters. The minimum Gasteiger partial charge on any atom is -0.325 e. The summed E-state index contributed by atoms with van der Waals surface area (Å²) >= 11 is 2.10. The van der Waals surface area contributed by atoms with Crippen molar-refractivity contribution in [2.75, 3.05) is 25.1 Å². The molecule has 1 heterocycles. The molecule has 2 nitrogen and oxygen atoms in total. The van der Waals surface area contributed by atoms with Gasteiger partial charge in [-0.05, 0) is 45.0 Å². The summed E-state index contributed by atoms with van der Waals surface area (Å²) in [5.74, 6) is 2.68. The molecule has 2 N–H and O–H groups in total. The number of hydrogen-bond acceptors (Lipinski definition) is 3. The maximum absolute atomic E-state index is 6.47. The Labute approximate surface area is 104 Å². The van der Waals surface area contributed by atoms with E-state index in [0.29, 0.717) is 0 Å². The van der Waals surface area contributed by atoms with E-state index in [-0.39, 0.29) is 5.54 Å². The first kappa shape index (κ1) is 12.7. The van der Waals surface area contributed by atoms with Crippen LogP contribution in [0.1, 0.15) is 44.9 Å². The summed E-state index contributed by atoms with van der Waals surface area (Å²) in [4.78, 5) is 2.54. The predicted molar refractivity (Wildman–Crippen MR) is 73.0 cm³/mol. The van der Waals surface area contributed by atoms with Crippen LogP contribution in [0.4, 0.5) is 0 Å². The third kappa shape index (κ3) is 3.38. The summed E-state index contributed by atoms with van der Waals surface area (Å²) < 4.78 is 0. The summed E-state index contributed by atoms with van der Waals surface area (Å²) in [6.07, 6.45) is 9.16. The third-order valence-electron chi connectivity index (χ3n) is 4.34. The van der Waals surface area contributed by atoms with E-state index in [4.69, 9.17) is 5.73 Å². The van der Waals surface area contributed by atoms with Crippen LogP contribution in [0.2, 0.25) is 0 Å². The summed E-state index contributed by atoms with van der Waals surface area (Å²) in [5, 5.41) is 0. The molecule has 3 heteroatoms. The smallest absolute Gasteiger partial charge is 0.0191 e. The van der Waals surface area contributed by atoms with Crippen molar-refractivity contribution in [2.45, 2.75) is 56.5 Å². The number of nitrogens with zero attached hydrogens (tertiary/aromatic N) is 1. The van der Waals surface area contributed by atoms with Gasteiger partial charge in [0.15, 0.2) is 0 Å². The minimum absolute atomic E-state index is 0.165. The molecule has 2 rings (SSSR count). The molecule has 0 aromatic rings. The molecule has 0 spiro atoms. The summed E-state index contributed by atoms with van der Waals surface area (Å²) in [6.45, 7) is 1.20. The highest BCUT2D eigenvalue weighted by Gasteiger charge is 2.28. The summed E-state index contributed by atoms with van der Waals surface area (Å²) in [7, 11) is 2.28. The number of hydrogen-bond donors (Lipinski definition) is 1. The lowest BCUT2D eigenvalue weighted by Gasteiger charge is -2.35. The van der Waals surface area contributed by atoms with Crippen molar-refractivity contribution in [3.63, 3.8) is 0 Å². The molecule has 0 aromatic heterocycles.